The molecule has 0 bridgehead atoms. The van der Waals surface area contributed by atoms with Crippen LogP contribution in [-0.4, -0.2) is 29.9 Å². The normalized spacial score (nSPS) is 31.0. The van der Waals surface area contributed by atoms with Crippen molar-refractivity contribution in [2.75, 3.05) is 7.05 Å². The molecular formula is C17H32N2O. The molecule has 3 heteroatoms. The molecule has 2 N–H and O–H groups in total. The average Bonchev–Trinajstić information content (AvgIpc) is 2.40. The van der Waals surface area contributed by atoms with Crippen LogP contribution in [-0.2, 0) is 4.79 Å². The van der Waals surface area contributed by atoms with Gasteiger partial charge >= 0.3 is 0 Å². The molecule has 2 unspecified atom stereocenters. The number of hydrogen-bond donors (Lipinski definition) is 1. The molecule has 1 amide bonds. The molecule has 2 aliphatic rings. The zero-order valence-corrected chi connectivity index (χ0v) is 13.5. The quantitative estimate of drug-likeness (QED) is 0.862. The summed E-state index contributed by atoms with van der Waals surface area (Å²) in [5, 5.41) is 0. The maximum absolute atomic E-state index is 12.5. The van der Waals surface area contributed by atoms with Gasteiger partial charge in [0.2, 0.25) is 5.91 Å². The Morgan fingerprint density at radius 2 is 1.75 bits per heavy atom. The lowest BCUT2D eigenvalue weighted by Crippen LogP contribution is -2.43. The van der Waals surface area contributed by atoms with Crippen molar-refractivity contribution in [2.45, 2.75) is 83.7 Å². The molecular weight excluding hydrogens is 248 g/mol. The highest BCUT2D eigenvalue weighted by Gasteiger charge is 2.32. The first-order chi connectivity index (χ1) is 9.39. The van der Waals surface area contributed by atoms with Crippen molar-refractivity contribution in [2.24, 2.45) is 17.1 Å². The number of hydrogen-bond acceptors (Lipinski definition) is 2. The van der Waals surface area contributed by atoms with Crippen LogP contribution in [0, 0.1) is 11.3 Å². The summed E-state index contributed by atoms with van der Waals surface area (Å²) in [6, 6.07) is 0.696. The summed E-state index contributed by atoms with van der Waals surface area (Å²) >= 11 is 0. The van der Waals surface area contributed by atoms with E-state index in [4.69, 9.17) is 5.73 Å². The van der Waals surface area contributed by atoms with Gasteiger partial charge in [0.25, 0.3) is 0 Å². The highest BCUT2D eigenvalue weighted by atomic mass is 16.2. The van der Waals surface area contributed by atoms with Crippen LogP contribution in [0.4, 0.5) is 0 Å². The van der Waals surface area contributed by atoms with Crippen molar-refractivity contribution >= 4 is 5.91 Å². The van der Waals surface area contributed by atoms with Gasteiger partial charge in [-0.05, 0) is 49.9 Å². The van der Waals surface area contributed by atoms with Crippen LogP contribution in [0.5, 0.6) is 0 Å². The van der Waals surface area contributed by atoms with E-state index in [-0.39, 0.29) is 6.04 Å². The first-order valence-electron chi connectivity index (χ1n) is 8.40. The van der Waals surface area contributed by atoms with E-state index in [2.05, 4.69) is 13.8 Å². The van der Waals surface area contributed by atoms with Crippen molar-refractivity contribution in [3.05, 3.63) is 0 Å². The molecule has 0 aliphatic heterocycles. The van der Waals surface area contributed by atoms with Gasteiger partial charge in [0.15, 0.2) is 0 Å². The Morgan fingerprint density at radius 1 is 1.15 bits per heavy atom. The lowest BCUT2D eigenvalue weighted by atomic mass is 9.75. The van der Waals surface area contributed by atoms with Gasteiger partial charge in [-0.3, -0.25) is 4.79 Å². The second-order valence-electron chi connectivity index (χ2n) is 7.81. The molecule has 2 atom stereocenters. The smallest absolute Gasteiger partial charge is 0.222 e. The molecule has 2 fully saturated rings. The zero-order valence-electron chi connectivity index (χ0n) is 13.5. The van der Waals surface area contributed by atoms with Gasteiger partial charge in [0, 0.05) is 25.6 Å². The van der Waals surface area contributed by atoms with Crippen LogP contribution in [0.15, 0.2) is 0 Å². The Kier molecular flexibility index (Phi) is 5.11. The minimum absolute atomic E-state index is 0.242. The molecule has 0 heterocycles. The van der Waals surface area contributed by atoms with E-state index >= 15 is 0 Å². The fraction of sp³-hybridized carbons (Fsp3) is 0.941. The molecule has 2 aliphatic carbocycles. The number of amides is 1. The van der Waals surface area contributed by atoms with Gasteiger partial charge in [0.05, 0.1) is 0 Å². The largest absolute Gasteiger partial charge is 0.343 e. The standard InChI is InChI=1S/C17H32N2O/c1-17(2)10-8-14(9-11-17)19(3)16(20)12-13-6-4-5-7-15(13)18/h13-15H,4-12,18H2,1-3H3. The van der Waals surface area contributed by atoms with Crippen molar-refractivity contribution in [3.63, 3.8) is 0 Å². The molecule has 3 nitrogen and oxygen atoms in total. The number of nitrogens with zero attached hydrogens (tertiary/aromatic N) is 1. The third-order valence-corrected chi connectivity index (χ3v) is 5.65. The number of rotatable bonds is 3. The van der Waals surface area contributed by atoms with Crippen LogP contribution in [0.1, 0.15) is 71.6 Å². The fourth-order valence-electron chi connectivity index (χ4n) is 3.83. The van der Waals surface area contributed by atoms with Crippen molar-refractivity contribution < 1.29 is 4.79 Å². The van der Waals surface area contributed by atoms with Gasteiger partial charge in [-0.15, -0.1) is 0 Å². The monoisotopic (exact) mass is 280 g/mol. The van der Waals surface area contributed by atoms with E-state index < -0.39 is 0 Å². The molecule has 20 heavy (non-hydrogen) atoms. The number of carbonyl (C=O) groups excluding carboxylic acids is 1. The van der Waals surface area contributed by atoms with Gasteiger partial charge in [-0.25, -0.2) is 0 Å². The van der Waals surface area contributed by atoms with Gasteiger partial charge < -0.3 is 10.6 Å². The average molecular weight is 280 g/mol. The Labute approximate surface area is 124 Å². The van der Waals surface area contributed by atoms with Gasteiger partial charge in [0.1, 0.15) is 0 Å². The van der Waals surface area contributed by atoms with Crippen LogP contribution < -0.4 is 5.73 Å². The van der Waals surface area contributed by atoms with Crippen LogP contribution in [0.2, 0.25) is 0 Å². The highest BCUT2D eigenvalue weighted by Crippen LogP contribution is 2.37. The van der Waals surface area contributed by atoms with Crippen LogP contribution >= 0.6 is 0 Å². The Morgan fingerprint density at radius 3 is 2.35 bits per heavy atom. The molecule has 0 aromatic rings. The van der Waals surface area contributed by atoms with Crippen molar-refractivity contribution in [1.29, 1.82) is 0 Å². The van der Waals surface area contributed by atoms with Crippen LogP contribution in [0.3, 0.4) is 0 Å². The van der Waals surface area contributed by atoms with Gasteiger partial charge in [-0.2, -0.15) is 0 Å². The molecule has 2 saturated carbocycles. The molecule has 2 rings (SSSR count). The molecule has 0 spiro atoms. The SMILES string of the molecule is CN(C(=O)CC1CCCCC1N)C1CCC(C)(C)CC1. The Bertz CT molecular complexity index is 330. The molecule has 0 radical (unpaired) electrons. The number of carbonyl (C=O) groups is 1. The predicted octanol–water partition coefficient (Wildman–Crippen LogP) is 3.32. The van der Waals surface area contributed by atoms with Crippen molar-refractivity contribution in [3.8, 4) is 0 Å². The lowest BCUT2D eigenvalue weighted by molar-refractivity contribution is -0.134. The van der Waals surface area contributed by atoms with E-state index in [0.717, 1.165) is 25.7 Å². The van der Waals surface area contributed by atoms with Gasteiger partial charge in [-0.1, -0.05) is 26.7 Å². The first-order valence-corrected chi connectivity index (χ1v) is 8.40. The third-order valence-electron chi connectivity index (χ3n) is 5.65. The second kappa shape index (κ2) is 6.46. The second-order valence-corrected chi connectivity index (χ2v) is 7.81. The maximum Gasteiger partial charge on any atom is 0.222 e. The summed E-state index contributed by atoms with van der Waals surface area (Å²) in [6.45, 7) is 4.68. The fourth-order valence-corrected chi connectivity index (χ4v) is 3.83. The summed E-state index contributed by atoms with van der Waals surface area (Å²) < 4.78 is 0. The minimum atomic E-state index is 0.242. The van der Waals surface area contributed by atoms with E-state index in [1.54, 1.807) is 0 Å². The van der Waals surface area contributed by atoms with E-state index in [9.17, 15) is 4.79 Å². The number of nitrogens with two attached hydrogens (primary N) is 1. The Hall–Kier alpha value is -0.570. The summed E-state index contributed by atoms with van der Waals surface area (Å²) in [5.41, 5.74) is 6.64. The zero-order chi connectivity index (χ0) is 14.8. The summed E-state index contributed by atoms with van der Waals surface area (Å²) in [4.78, 5) is 14.5. The summed E-state index contributed by atoms with van der Waals surface area (Å²) in [7, 11) is 2.00. The first kappa shape index (κ1) is 15.8. The summed E-state index contributed by atoms with van der Waals surface area (Å²) in [6.07, 6.45) is 10.2. The Balaban J connectivity index is 1.83. The van der Waals surface area contributed by atoms with Crippen LogP contribution in [0.25, 0.3) is 0 Å². The molecule has 0 aromatic heterocycles. The molecule has 116 valence electrons. The summed E-state index contributed by atoms with van der Waals surface area (Å²) in [5.74, 6) is 0.732. The van der Waals surface area contributed by atoms with Crippen molar-refractivity contribution in [1.82, 2.24) is 4.90 Å². The van der Waals surface area contributed by atoms with E-state index in [1.807, 2.05) is 11.9 Å². The molecule has 0 saturated heterocycles. The predicted molar refractivity (Wildman–Crippen MR) is 83.4 cm³/mol. The maximum atomic E-state index is 12.5. The minimum Gasteiger partial charge on any atom is -0.343 e. The lowest BCUT2D eigenvalue weighted by Gasteiger charge is -2.39. The van der Waals surface area contributed by atoms with E-state index in [0.29, 0.717) is 29.7 Å². The third kappa shape index (κ3) is 3.97. The van der Waals surface area contributed by atoms with E-state index in [1.165, 1.54) is 25.7 Å². The highest BCUT2D eigenvalue weighted by molar-refractivity contribution is 5.76. The molecule has 0 aromatic carbocycles. The topological polar surface area (TPSA) is 46.3 Å².